The minimum atomic E-state index is -0.544. The van der Waals surface area contributed by atoms with E-state index in [1.165, 1.54) is 19.2 Å². The van der Waals surface area contributed by atoms with Crippen LogP contribution in [0, 0.1) is 5.82 Å². The Balaban J connectivity index is 2.36. The lowest BCUT2D eigenvalue weighted by Crippen LogP contribution is -2.38. The number of hydrogen-bond donors (Lipinski definition) is 1. The van der Waals surface area contributed by atoms with E-state index in [9.17, 15) is 9.18 Å². The van der Waals surface area contributed by atoms with Crippen molar-refractivity contribution in [3.63, 3.8) is 0 Å². The van der Waals surface area contributed by atoms with E-state index >= 15 is 0 Å². The van der Waals surface area contributed by atoms with Crippen LogP contribution in [-0.2, 0) is 4.74 Å². The van der Waals surface area contributed by atoms with Gasteiger partial charge in [-0.25, -0.2) is 9.18 Å². The Kier molecular flexibility index (Phi) is 4.67. The molecule has 21 heavy (non-hydrogen) atoms. The molecule has 0 radical (unpaired) electrons. The fourth-order valence-corrected chi connectivity index (χ4v) is 2.85. The number of anilines is 2. The quantitative estimate of drug-likeness (QED) is 0.677. The summed E-state index contributed by atoms with van der Waals surface area (Å²) in [5.74, 6) is -0.942. The molecule has 1 saturated heterocycles. The molecule has 1 fully saturated rings. The predicted molar refractivity (Wildman–Crippen MR) is 81.1 cm³/mol. The van der Waals surface area contributed by atoms with Gasteiger partial charge in [-0.1, -0.05) is 0 Å². The summed E-state index contributed by atoms with van der Waals surface area (Å²) in [7, 11) is 5.28. The second-order valence-electron chi connectivity index (χ2n) is 5.63. The summed E-state index contributed by atoms with van der Waals surface area (Å²) < 4.78 is 19.0. The fourth-order valence-electron chi connectivity index (χ4n) is 2.85. The number of carbonyl (C=O) groups excluding carboxylic acids is 1. The van der Waals surface area contributed by atoms with Crippen LogP contribution < -0.4 is 10.6 Å². The average molecular weight is 295 g/mol. The highest BCUT2D eigenvalue weighted by Crippen LogP contribution is 2.31. The molecule has 5 nitrogen and oxygen atoms in total. The van der Waals surface area contributed by atoms with E-state index in [2.05, 4.69) is 4.90 Å². The zero-order chi connectivity index (χ0) is 15.6. The molecule has 1 aliphatic heterocycles. The Morgan fingerprint density at radius 2 is 2.24 bits per heavy atom. The van der Waals surface area contributed by atoms with Crippen LogP contribution in [0.1, 0.15) is 23.2 Å². The van der Waals surface area contributed by atoms with Gasteiger partial charge >= 0.3 is 5.97 Å². The number of benzene rings is 1. The van der Waals surface area contributed by atoms with Gasteiger partial charge in [-0.15, -0.1) is 0 Å². The molecular weight excluding hydrogens is 273 g/mol. The first kappa shape index (κ1) is 15.6. The van der Waals surface area contributed by atoms with Gasteiger partial charge in [-0.2, -0.15) is 0 Å². The zero-order valence-corrected chi connectivity index (χ0v) is 12.7. The van der Waals surface area contributed by atoms with Crippen LogP contribution in [0.4, 0.5) is 15.8 Å². The van der Waals surface area contributed by atoms with E-state index < -0.39 is 11.8 Å². The normalized spacial score (nSPS) is 18.3. The van der Waals surface area contributed by atoms with Crippen molar-refractivity contribution in [3.05, 3.63) is 23.5 Å². The fraction of sp³-hybridized carbons (Fsp3) is 0.533. The standard InChI is InChI=1S/C15H22FN3O2/c1-18(2)9-10-5-4-6-19(10)14-7-11(15(20)21-3)13(17)8-12(14)16/h7-8,10H,4-6,9,17H2,1-3H3. The molecule has 6 heteroatoms. The SMILES string of the molecule is COC(=O)c1cc(N2CCCC2CN(C)C)c(F)cc1N. The van der Waals surface area contributed by atoms with Crippen molar-refractivity contribution in [2.45, 2.75) is 18.9 Å². The highest BCUT2D eigenvalue weighted by atomic mass is 19.1. The van der Waals surface area contributed by atoms with E-state index in [1.807, 2.05) is 19.0 Å². The van der Waals surface area contributed by atoms with Gasteiger partial charge in [0.15, 0.2) is 0 Å². The third-order valence-corrected chi connectivity index (χ3v) is 3.79. The first-order chi connectivity index (χ1) is 9.93. The Bertz CT molecular complexity index is 534. The minimum absolute atomic E-state index is 0.103. The Labute approximate surface area is 124 Å². The van der Waals surface area contributed by atoms with Crippen molar-refractivity contribution in [2.24, 2.45) is 0 Å². The summed E-state index contributed by atoms with van der Waals surface area (Å²) in [4.78, 5) is 15.8. The summed E-state index contributed by atoms with van der Waals surface area (Å²) in [5, 5.41) is 0. The third kappa shape index (κ3) is 3.26. The highest BCUT2D eigenvalue weighted by Gasteiger charge is 2.28. The topological polar surface area (TPSA) is 58.8 Å². The average Bonchev–Trinajstić information content (AvgIpc) is 2.85. The number of carbonyl (C=O) groups is 1. The Morgan fingerprint density at radius 3 is 2.86 bits per heavy atom. The molecule has 0 saturated carbocycles. The van der Waals surface area contributed by atoms with Crippen molar-refractivity contribution in [3.8, 4) is 0 Å². The van der Waals surface area contributed by atoms with Gasteiger partial charge in [0.25, 0.3) is 0 Å². The molecule has 1 atom stereocenters. The van der Waals surface area contributed by atoms with Crippen molar-refractivity contribution in [2.75, 3.05) is 44.9 Å². The highest BCUT2D eigenvalue weighted by molar-refractivity contribution is 5.96. The summed E-state index contributed by atoms with van der Waals surface area (Å²) in [6.45, 7) is 1.62. The second-order valence-corrected chi connectivity index (χ2v) is 5.63. The summed E-state index contributed by atoms with van der Waals surface area (Å²) in [5.41, 5.74) is 6.45. The van der Waals surface area contributed by atoms with Gasteiger partial charge in [0, 0.05) is 24.8 Å². The Morgan fingerprint density at radius 1 is 1.52 bits per heavy atom. The summed E-state index contributed by atoms with van der Waals surface area (Å²) in [6, 6.07) is 2.94. The van der Waals surface area contributed by atoms with Crippen LogP contribution in [0.2, 0.25) is 0 Å². The number of nitrogen functional groups attached to an aromatic ring is 1. The van der Waals surface area contributed by atoms with Crippen molar-refractivity contribution >= 4 is 17.3 Å². The molecule has 1 unspecified atom stereocenters. The molecular formula is C15H22FN3O2. The summed E-state index contributed by atoms with van der Waals surface area (Å²) in [6.07, 6.45) is 2.02. The van der Waals surface area contributed by atoms with Crippen LogP contribution in [0.25, 0.3) is 0 Å². The van der Waals surface area contributed by atoms with Gasteiger partial charge in [-0.05, 0) is 39.1 Å². The van der Waals surface area contributed by atoms with Gasteiger partial charge in [-0.3, -0.25) is 0 Å². The number of methoxy groups -OCH3 is 1. The van der Waals surface area contributed by atoms with E-state index in [-0.39, 0.29) is 17.3 Å². The number of rotatable bonds is 4. The first-order valence-electron chi connectivity index (χ1n) is 7.02. The van der Waals surface area contributed by atoms with Crippen molar-refractivity contribution in [1.29, 1.82) is 0 Å². The van der Waals surface area contributed by atoms with Crippen LogP contribution >= 0.6 is 0 Å². The molecule has 0 aromatic heterocycles. The lowest BCUT2D eigenvalue weighted by atomic mass is 10.1. The second kappa shape index (κ2) is 6.30. The zero-order valence-electron chi connectivity index (χ0n) is 12.7. The Hall–Kier alpha value is -1.82. The van der Waals surface area contributed by atoms with Crippen molar-refractivity contribution in [1.82, 2.24) is 4.90 Å². The number of halogens is 1. The molecule has 2 N–H and O–H groups in total. The van der Waals surface area contributed by atoms with Crippen LogP contribution in [0.5, 0.6) is 0 Å². The lowest BCUT2D eigenvalue weighted by molar-refractivity contribution is 0.0602. The predicted octanol–water partition coefficient (Wildman–Crippen LogP) is 1.72. The maximum Gasteiger partial charge on any atom is 0.340 e. The molecule has 0 bridgehead atoms. The molecule has 1 aliphatic rings. The van der Waals surface area contributed by atoms with Crippen LogP contribution in [-0.4, -0.2) is 51.2 Å². The van der Waals surface area contributed by atoms with E-state index in [4.69, 9.17) is 10.5 Å². The number of likely N-dealkylation sites (N-methyl/N-ethyl adjacent to an activating group) is 1. The van der Waals surface area contributed by atoms with Gasteiger partial charge in [0.2, 0.25) is 0 Å². The molecule has 2 rings (SSSR count). The molecule has 1 heterocycles. The number of nitrogens with zero attached hydrogens (tertiary/aromatic N) is 2. The number of nitrogens with two attached hydrogens (primary N) is 1. The smallest absolute Gasteiger partial charge is 0.340 e. The molecule has 0 aliphatic carbocycles. The molecule has 116 valence electrons. The first-order valence-corrected chi connectivity index (χ1v) is 7.02. The molecule has 0 amide bonds. The monoisotopic (exact) mass is 295 g/mol. The summed E-state index contributed by atoms with van der Waals surface area (Å²) >= 11 is 0. The van der Waals surface area contributed by atoms with E-state index in [0.29, 0.717) is 5.69 Å². The third-order valence-electron chi connectivity index (χ3n) is 3.79. The number of hydrogen-bond acceptors (Lipinski definition) is 5. The number of ether oxygens (including phenoxy) is 1. The van der Waals surface area contributed by atoms with Gasteiger partial charge < -0.3 is 20.3 Å². The van der Waals surface area contributed by atoms with E-state index in [1.54, 1.807) is 0 Å². The molecule has 0 spiro atoms. The lowest BCUT2D eigenvalue weighted by Gasteiger charge is -2.29. The minimum Gasteiger partial charge on any atom is -0.465 e. The van der Waals surface area contributed by atoms with Crippen LogP contribution in [0.15, 0.2) is 12.1 Å². The van der Waals surface area contributed by atoms with Crippen molar-refractivity contribution < 1.29 is 13.9 Å². The molecule has 1 aromatic carbocycles. The van der Waals surface area contributed by atoms with Crippen LogP contribution in [0.3, 0.4) is 0 Å². The largest absolute Gasteiger partial charge is 0.465 e. The van der Waals surface area contributed by atoms with Gasteiger partial charge in [0.05, 0.1) is 18.4 Å². The molecule has 1 aromatic rings. The van der Waals surface area contributed by atoms with Gasteiger partial charge in [0.1, 0.15) is 5.82 Å². The maximum atomic E-state index is 14.3. The maximum absolute atomic E-state index is 14.3. The number of esters is 1. The van der Waals surface area contributed by atoms with E-state index in [0.717, 1.165) is 25.9 Å².